The first-order valence-electron chi connectivity index (χ1n) is 13.4. The van der Waals surface area contributed by atoms with Crippen LogP contribution in [0.15, 0.2) is 53.5 Å². The Morgan fingerprint density at radius 2 is 1.93 bits per heavy atom. The van der Waals surface area contributed by atoms with E-state index < -0.39 is 11.5 Å². The number of hydrogen-bond donors (Lipinski definition) is 6. The summed E-state index contributed by atoms with van der Waals surface area (Å²) in [6, 6.07) is 13.1. The number of rotatable bonds is 12. The van der Waals surface area contributed by atoms with E-state index in [4.69, 9.17) is 28.5 Å². The van der Waals surface area contributed by atoms with Crippen molar-refractivity contribution in [3.05, 3.63) is 81.1 Å². The monoisotopic (exact) mass is 566 g/mol. The number of nitrogens with zero attached hydrogens (tertiary/aromatic N) is 2. The maximum absolute atomic E-state index is 15.0. The number of hydrogen-bond acceptors (Lipinski definition) is 5. The fourth-order valence-corrected chi connectivity index (χ4v) is 4.85. The van der Waals surface area contributed by atoms with Crippen molar-refractivity contribution in [1.29, 1.82) is 5.41 Å². The van der Waals surface area contributed by atoms with E-state index in [-0.39, 0.29) is 23.1 Å². The summed E-state index contributed by atoms with van der Waals surface area (Å²) in [5.74, 6) is -0.551. The summed E-state index contributed by atoms with van der Waals surface area (Å²) in [7, 11) is 0. The molecule has 0 amide bonds. The summed E-state index contributed by atoms with van der Waals surface area (Å²) in [5.41, 5.74) is 14.6. The Bertz CT molecular complexity index is 1530. The van der Waals surface area contributed by atoms with Crippen molar-refractivity contribution in [3.63, 3.8) is 0 Å². The zero-order valence-electron chi connectivity index (χ0n) is 22.7. The van der Waals surface area contributed by atoms with Crippen molar-refractivity contribution in [2.45, 2.75) is 51.6 Å². The van der Waals surface area contributed by atoms with E-state index in [1.165, 1.54) is 4.57 Å². The lowest BCUT2D eigenvalue weighted by molar-refractivity contribution is 0.555. The molecular weight excluding hydrogens is 531 g/mol. The lowest BCUT2D eigenvalue weighted by Gasteiger charge is -2.15. The molecule has 2 atom stereocenters. The van der Waals surface area contributed by atoms with Gasteiger partial charge in [-0.25, -0.2) is 9.18 Å². The van der Waals surface area contributed by atoms with Gasteiger partial charge in [-0.3, -0.25) is 9.98 Å². The molecule has 0 radical (unpaired) electrons. The van der Waals surface area contributed by atoms with E-state index in [9.17, 15) is 4.79 Å². The average molecular weight is 567 g/mol. The number of fused-ring (bicyclic) bond motifs is 1. The summed E-state index contributed by atoms with van der Waals surface area (Å²) in [5, 5.41) is 14.1. The number of aromatic nitrogens is 3. The molecule has 212 valence electrons. The summed E-state index contributed by atoms with van der Waals surface area (Å²) in [4.78, 5) is 20.2. The van der Waals surface area contributed by atoms with Crippen LogP contribution in [0, 0.1) is 11.2 Å². The highest BCUT2D eigenvalue weighted by Gasteiger charge is 2.16. The van der Waals surface area contributed by atoms with E-state index >= 15 is 4.39 Å². The molecule has 0 saturated carbocycles. The number of aromatic amines is 1. The van der Waals surface area contributed by atoms with Crippen molar-refractivity contribution in [2.75, 3.05) is 13.1 Å². The van der Waals surface area contributed by atoms with Crippen molar-refractivity contribution < 1.29 is 4.39 Å². The molecule has 0 fully saturated rings. The van der Waals surface area contributed by atoms with Gasteiger partial charge in [0.25, 0.3) is 0 Å². The van der Waals surface area contributed by atoms with Gasteiger partial charge in [0, 0.05) is 35.8 Å². The molecule has 4 rings (SSSR count). The van der Waals surface area contributed by atoms with E-state index in [0.29, 0.717) is 34.5 Å². The van der Waals surface area contributed by atoms with Gasteiger partial charge >= 0.3 is 5.69 Å². The Hall–Kier alpha value is -3.73. The Morgan fingerprint density at radius 3 is 2.62 bits per heavy atom. The number of guanidine groups is 1. The molecule has 2 aromatic carbocycles. The third-order valence-electron chi connectivity index (χ3n) is 6.80. The summed E-state index contributed by atoms with van der Waals surface area (Å²) in [6.45, 7) is 5.42. The largest absolute Gasteiger partial charge is 0.370 e. The van der Waals surface area contributed by atoms with E-state index in [1.54, 1.807) is 24.4 Å². The molecule has 0 spiro atoms. The SMILES string of the molecule is C[C@H](N)CCCc1cc(Cl)c(F)c(-c2cc3cn(-c4ccc([C@H](C)NCCCNC(=N)N)cc4)c(=O)nc3[nH]2)c1. The maximum Gasteiger partial charge on any atom is 0.354 e. The van der Waals surface area contributed by atoms with Gasteiger partial charge in [0.1, 0.15) is 5.65 Å². The Labute approximate surface area is 237 Å². The zero-order valence-corrected chi connectivity index (χ0v) is 23.5. The normalized spacial score (nSPS) is 12.9. The minimum absolute atomic E-state index is 0.0306. The molecule has 9 nitrogen and oxygen atoms in total. The Morgan fingerprint density at radius 1 is 1.18 bits per heavy atom. The highest BCUT2D eigenvalue weighted by molar-refractivity contribution is 6.31. The molecule has 0 unspecified atom stereocenters. The van der Waals surface area contributed by atoms with Gasteiger partial charge in [-0.1, -0.05) is 23.7 Å². The van der Waals surface area contributed by atoms with Gasteiger partial charge in [0.15, 0.2) is 11.8 Å². The predicted molar refractivity (Wildman–Crippen MR) is 160 cm³/mol. The van der Waals surface area contributed by atoms with Crippen LogP contribution in [0.4, 0.5) is 4.39 Å². The molecule has 2 heterocycles. The van der Waals surface area contributed by atoms with Gasteiger partial charge in [-0.15, -0.1) is 0 Å². The first kappa shape index (κ1) is 29.3. The van der Waals surface area contributed by atoms with E-state index in [0.717, 1.165) is 43.4 Å². The highest BCUT2D eigenvalue weighted by Crippen LogP contribution is 2.31. The fraction of sp³-hybridized carbons (Fsp3) is 0.345. The average Bonchev–Trinajstić information content (AvgIpc) is 3.32. The number of nitrogens with two attached hydrogens (primary N) is 2. The van der Waals surface area contributed by atoms with Crippen molar-refractivity contribution in [3.8, 4) is 16.9 Å². The molecule has 11 heteroatoms. The second-order valence-electron chi connectivity index (χ2n) is 10.2. The molecule has 0 saturated heterocycles. The minimum atomic E-state index is -0.521. The molecule has 2 aromatic heterocycles. The standard InChI is InChI=1S/C29H36ClFN8O/c1-17(32)5-3-6-19-13-23(26(31)24(30)14-19)25-15-21-16-39(29(40)38-27(21)37-25)22-9-7-20(8-10-22)18(2)35-11-4-12-36-28(33)34/h7-10,13-18,35H,3-6,11-12,32H2,1-2H3,(H4,33,34,36)(H,37,38,40)/t17-,18-/m0/s1. The first-order chi connectivity index (χ1) is 19.1. The van der Waals surface area contributed by atoms with Crippen LogP contribution in [0.2, 0.25) is 5.02 Å². The molecule has 0 aliphatic carbocycles. The quantitative estimate of drug-likeness (QED) is 0.0851. The fourth-order valence-electron chi connectivity index (χ4n) is 4.61. The van der Waals surface area contributed by atoms with Crippen LogP contribution in [0.1, 0.15) is 50.3 Å². The molecule has 8 N–H and O–H groups in total. The lowest BCUT2D eigenvalue weighted by atomic mass is 10.0. The molecular formula is C29H36ClFN8O. The lowest BCUT2D eigenvalue weighted by Crippen LogP contribution is -2.32. The highest BCUT2D eigenvalue weighted by atomic mass is 35.5. The maximum atomic E-state index is 15.0. The van der Waals surface area contributed by atoms with Gasteiger partial charge in [0.2, 0.25) is 0 Å². The van der Waals surface area contributed by atoms with Gasteiger partial charge in [-0.05, 0) is 87.5 Å². The summed E-state index contributed by atoms with van der Waals surface area (Å²) in [6.07, 6.45) is 5.01. The predicted octanol–water partition coefficient (Wildman–Crippen LogP) is 4.37. The van der Waals surface area contributed by atoms with Crippen LogP contribution >= 0.6 is 11.6 Å². The second-order valence-corrected chi connectivity index (χ2v) is 10.6. The van der Waals surface area contributed by atoms with Crippen LogP contribution in [0.3, 0.4) is 0 Å². The Balaban J connectivity index is 1.52. The van der Waals surface area contributed by atoms with Gasteiger partial charge in [-0.2, -0.15) is 4.98 Å². The molecule has 0 aliphatic rings. The first-order valence-corrected chi connectivity index (χ1v) is 13.8. The second kappa shape index (κ2) is 13.1. The van der Waals surface area contributed by atoms with Crippen molar-refractivity contribution in [1.82, 2.24) is 25.2 Å². The summed E-state index contributed by atoms with van der Waals surface area (Å²) < 4.78 is 16.5. The number of H-pyrrole nitrogens is 1. The topological polar surface area (TPSA) is 151 Å². The van der Waals surface area contributed by atoms with Crippen LogP contribution in [0.25, 0.3) is 28.0 Å². The van der Waals surface area contributed by atoms with E-state index in [2.05, 4.69) is 27.5 Å². The van der Waals surface area contributed by atoms with E-state index in [1.807, 2.05) is 31.2 Å². The third kappa shape index (κ3) is 7.26. The van der Waals surface area contributed by atoms with Crippen LogP contribution < -0.4 is 27.8 Å². The number of benzene rings is 2. The van der Waals surface area contributed by atoms with Crippen molar-refractivity contribution >= 4 is 28.6 Å². The third-order valence-corrected chi connectivity index (χ3v) is 7.08. The minimum Gasteiger partial charge on any atom is -0.370 e. The number of halogens is 2. The van der Waals surface area contributed by atoms with Crippen LogP contribution in [0.5, 0.6) is 0 Å². The van der Waals surface area contributed by atoms with Crippen LogP contribution in [-0.2, 0) is 6.42 Å². The Kier molecular flexibility index (Phi) is 9.57. The number of nitrogens with one attached hydrogen (secondary N) is 4. The van der Waals surface area contributed by atoms with Gasteiger partial charge in [0.05, 0.1) is 16.4 Å². The molecule has 40 heavy (non-hydrogen) atoms. The smallest absolute Gasteiger partial charge is 0.354 e. The molecule has 0 bridgehead atoms. The van der Waals surface area contributed by atoms with Gasteiger partial charge < -0.3 is 27.1 Å². The zero-order chi connectivity index (χ0) is 28.8. The number of aryl methyl sites for hydroxylation is 1. The van der Waals surface area contributed by atoms with Crippen molar-refractivity contribution in [2.24, 2.45) is 11.5 Å². The molecule has 4 aromatic rings. The summed E-state index contributed by atoms with van der Waals surface area (Å²) >= 11 is 6.23. The van der Waals surface area contributed by atoms with Crippen LogP contribution in [-0.4, -0.2) is 39.6 Å². The molecule has 0 aliphatic heterocycles.